The highest BCUT2D eigenvalue weighted by Crippen LogP contribution is 2.07. The van der Waals surface area contributed by atoms with Crippen LogP contribution in [-0.2, 0) is 11.2 Å². The van der Waals surface area contributed by atoms with Gasteiger partial charge >= 0.3 is 0 Å². The topological polar surface area (TPSA) is 33.0 Å². The van der Waals surface area contributed by atoms with Gasteiger partial charge in [-0.1, -0.05) is 30.3 Å². The molecule has 0 aliphatic rings. The molecule has 2 heteroatoms. The monoisotopic (exact) mass is 175 g/mol. The Balaban J connectivity index is 2.53. The fraction of sp³-hybridized carbons (Fsp3) is 0.364. The van der Waals surface area contributed by atoms with Crippen LogP contribution in [0.1, 0.15) is 5.56 Å². The molecule has 68 valence electrons. The van der Waals surface area contributed by atoms with E-state index in [0.29, 0.717) is 6.61 Å². The predicted molar refractivity (Wildman–Crippen MR) is 51.1 cm³/mol. The van der Waals surface area contributed by atoms with Crippen molar-refractivity contribution in [1.82, 2.24) is 0 Å². The Morgan fingerprint density at radius 3 is 2.62 bits per heavy atom. The van der Waals surface area contributed by atoms with E-state index in [2.05, 4.69) is 6.07 Å². The number of hydrogen-bond donors (Lipinski definition) is 0. The van der Waals surface area contributed by atoms with Crippen LogP contribution in [0.2, 0.25) is 0 Å². The molecule has 1 aromatic rings. The van der Waals surface area contributed by atoms with Crippen molar-refractivity contribution in [3.8, 4) is 6.07 Å². The highest BCUT2D eigenvalue weighted by Gasteiger charge is 2.06. The second kappa shape index (κ2) is 5.34. The minimum absolute atomic E-state index is 0.0348. The van der Waals surface area contributed by atoms with Crippen molar-refractivity contribution in [1.29, 1.82) is 5.26 Å². The van der Waals surface area contributed by atoms with E-state index < -0.39 is 0 Å². The molecule has 0 unspecified atom stereocenters. The quantitative estimate of drug-likeness (QED) is 0.701. The first-order valence-electron chi connectivity index (χ1n) is 4.29. The number of methoxy groups -OCH3 is 1. The first-order valence-corrected chi connectivity index (χ1v) is 4.29. The normalized spacial score (nSPS) is 12.0. The summed E-state index contributed by atoms with van der Waals surface area (Å²) in [5.41, 5.74) is 1.19. The van der Waals surface area contributed by atoms with Gasteiger partial charge in [0.25, 0.3) is 0 Å². The van der Waals surface area contributed by atoms with Gasteiger partial charge in [-0.2, -0.15) is 5.26 Å². The molecule has 13 heavy (non-hydrogen) atoms. The minimum Gasteiger partial charge on any atom is -0.383 e. The van der Waals surface area contributed by atoms with Gasteiger partial charge in [0.15, 0.2) is 0 Å². The van der Waals surface area contributed by atoms with Crippen LogP contribution < -0.4 is 0 Å². The molecule has 0 fully saturated rings. The molecule has 0 bridgehead atoms. The molecule has 0 saturated carbocycles. The van der Waals surface area contributed by atoms with Crippen molar-refractivity contribution < 1.29 is 4.74 Å². The Bertz CT molecular complexity index is 276. The molecule has 0 spiro atoms. The van der Waals surface area contributed by atoms with E-state index >= 15 is 0 Å². The maximum Gasteiger partial charge on any atom is 0.0737 e. The summed E-state index contributed by atoms with van der Waals surface area (Å²) in [5.74, 6) is -0.0348. The molecule has 1 aromatic carbocycles. The first kappa shape index (κ1) is 9.76. The smallest absolute Gasteiger partial charge is 0.0737 e. The van der Waals surface area contributed by atoms with Crippen molar-refractivity contribution in [2.45, 2.75) is 6.42 Å². The lowest BCUT2D eigenvalue weighted by Crippen LogP contribution is -2.08. The van der Waals surface area contributed by atoms with Crippen LogP contribution >= 0.6 is 0 Å². The molecular formula is C11H13NO. The summed E-state index contributed by atoms with van der Waals surface area (Å²) < 4.78 is 4.94. The van der Waals surface area contributed by atoms with Crippen molar-refractivity contribution in [2.75, 3.05) is 13.7 Å². The second-order valence-electron chi connectivity index (χ2n) is 2.97. The average molecular weight is 175 g/mol. The third kappa shape index (κ3) is 3.27. The number of nitrogens with zero attached hydrogens (tertiary/aromatic N) is 1. The Labute approximate surface area is 78.8 Å². The molecule has 0 saturated heterocycles. The molecule has 0 aliphatic heterocycles. The molecule has 1 atom stereocenters. The van der Waals surface area contributed by atoms with Gasteiger partial charge in [0.1, 0.15) is 0 Å². The summed E-state index contributed by atoms with van der Waals surface area (Å²) in [7, 11) is 1.62. The third-order valence-corrected chi connectivity index (χ3v) is 1.88. The number of nitriles is 1. The minimum atomic E-state index is -0.0348. The van der Waals surface area contributed by atoms with Gasteiger partial charge in [0, 0.05) is 7.11 Å². The number of hydrogen-bond acceptors (Lipinski definition) is 2. The zero-order valence-corrected chi connectivity index (χ0v) is 7.73. The van der Waals surface area contributed by atoms with Gasteiger partial charge in [-0.3, -0.25) is 0 Å². The van der Waals surface area contributed by atoms with Crippen molar-refractivity contribution >= 4 is 0 Å². The maximum absolute atomic E-state index is 8.79. The fourth-order valence-corrected chi connectivity index (χ4v) is 1.24. The van der Waals surface area contributed by atoms with Crippen molar-refractivity contribution in [2.24, 2.45) is 5.92 Å². The maximum atomic E-state index is 8.79. The molecule has 2 nitrogen and oxygen atoms in total. The average Bonchev–Trinajstić information content (AvgIpc) is 2.19. The Kier molecular flexibility index (Phi) is 4.01. The van der Waals surface area contributed by atoms with E-state index in [0.717, 1.165) is 6.42 Å². The SMILES string of the molecule is COC[C@@H](C#N)Cc1ccccc1. The van der Waals surface area contributed by atoms with Crippen LogP contribution in [0.25, 0.3) is 0 Å². The Hall–Kier alpha value is -1.33. The summed E-state index contributed by atoms with van der Waals surface area (Å²) in [6, 6.07) is 12.2. The molecule has 0 amide bonds. The fourth-order valence-electron chi connectivity index (χ4n) is 1.24. The van der Waals surface area contributed by atoms with Crippen LogP contribution in [0.5, 0.6) is 0 Å². The van der Waals surface area contributed by atoms with Crippen molar-refractivity contribution in [3.63, 3.8) is 0 Å². The molecule has 0 aliphatic carbocycles. The van der Waals surface area contributed by atoms with E-state index in [4.69, 9.17) is 10.00 Å². The van der Waals surface area contributed by atoms with Gasteiger partial charge < -0.3 is 4.74 Å². The molecule has 1 rings (SSSR count). The van der Waals surface area contributed by atoms with E-state index in [1.165, 1.54) is 5.56 Å². The molecule has 0 radical (unpaired) electrons. The Morgan fingerprint density at radius 2 is 2.08 bits per heavy atom. The number of benzene rings is 1. The number of ether oxygens (including phenoxy) is 1. The molecule has 0 N–H and O–H groups in total. The predicted octanol–water partition coefficient (Wildman–Crippen LogP) is 2.02. The van der Waals surface area contributed by atoms with Gasteiger partial charge in [-0.25, -0.2) is 0 Å². The van der Waals surface area contributed by atoms with Gasteiger partial charge in [-0.05, 0) is 12.0 Å². The van der Waals surface area contributed by atoms with Gasteiger partial charge in [0.2, 0.25) is 0 Å². The van der Waals surface area contributed by atoms with Crippen molar-refractivity contribution in [3.05, 3.63) is 35.9 Å². The Morgan fingerprint density at radius 1 is 1.38 bits per heavy atom. The standard InChI is InChI=1S/C11H13NO/c1-13-9-11(8-12)7-10-5-3-2-4-6-10/h2-6,11H,7,9H2,1H3/t11-/m1/s1. The first-order chi connectivity index (χ1) is 6.36. The van der Waals surface area contributed by atoms with E-state index in [1.54, 1.807) is 7.11 Å². The zero-order valence-electron chi connectivity index (χ0n) is 7.73. The lowest BCUT2D eigenvalue weighted by molar-refractivity contribution is 0.172. The van der Waals surface area contributed by atoms with E-state index in [1.807, 2.05) is 30.3 Å². The number of rotatable bonds is 4. The summed E-state index contributed by atoms with van der Waals surface area (Å²) in [5, 5.41) is 8.79. The largest absolute Gasteiger partial charge is 0.383 e. The van der Waals surface area contributed by atoms with E-state index in [-0.39, 0.29) is 5.92 Å². The highest BCUT2D eigenvalue weighted by atomic mass is 16.5. The summed E-state index contributed by atoms with van der Waals surface area (Å²) in [4.78, 5) is 0. The van der Waals surface area contributed by atoms with Gasteiger partial charge in [-0.15, -0.1) is 0 Å². The summed E-state index contributed by atoms with van der Waals surface area (Å²) >= 11 is 0. The van der Waals surface area contributed by atoms with E-state index in [9.17, 15) is 0 Å². The van der Waals surface area contributed by atoms with Crippen LogP contribution in [0.3, 0.4) is 0 Å². The zero-order chi connectivity index (χ0) is 9.52. The molecule has 0 heterocycles. The van der Waals surface area contributed by atoms with Crippen LogP contribution in [0.15, 0.2) is 30.3 Å². The second-order valence-corrected chi connectivity index (χ2v) is 2.97. The van der Waals surface area contributed by atoms with Crippen LogP contribution in [0.4, 0.5) is 0 Å². The van der Waals surface area contributed by atoms with Gasteiger partial charge in [0.05, 0.1) is 18.6 Å². The third-order valence-electron chi connectivity index (χ3n) is 1.88. The molecular weight excluding hydrogens is 162 g/mol. The summed E-state index contributed by atoms with van der Waals surface area (Å²) in [6.07, 6.45) is 0.769. The van der Waals surface area contributed by atoms with Crippen LogP contribution in [0, 0.1) is 17.2 Å². The highest BCUT2D eigenvalue weighted by molar-refractivity contribution is 5.16. The molecule has 0 aromatic heterocycles. The summed E-state index contributed by atoms with van der Waals surface area (Å²) in [6.45, 7) is 0.505. The lowest BCUT2D eigenvalue weighted by Gasteiger charge is -2.06. The van der Waals surface area contributed by atoms with Crippen LogP contribution in [-0.4, -0.2) is 13.7 Å². The lowest BCUT2D eigenvalue weighted by atomic mass is 10.0.